The number of aromatic nitrogens is 1. The molecule has 0 bridgehead atoms. The minimum atomic E-state index is -0.462. The summed E-state index contributed by atoms with van der Waals surface area (Å²) in [5, 5.41) is 13.8. The molecule has 0 aliphatic heterocycles. The molecule has 7 heteroatoms. The molecule has 0 aliphatic rings. The van der Waals surface area contributed by atoms with Crippen molar-refractivity contribution < 1.29 is 13.9 Å². The van der Waals surface area contributed by atoms with Gasteiger partial charge in [-0.15, -0.1) is 11.3 Å². The first kappa shape index (κ1) is 18.5. The van der Waals surface area contributed by atoms with Gasteiger partial charge in [-0.05, 0) is 42.3 Å². The topological polar surface area (TPSA) is 75.0 Å². The molecule has 3 rings (SSSR count). The molecule has 1 amide bonds. The molecule has 3 aromatic rings. The Balaban J connectivity index is 1.59. The van der Waals surface area contributed by atoms with E-state index in [9.17, 15) is 9.18 Å². The van der Waals surface area contributed by atoms with Crippen LogP contribution in [0.3, 0.4) is 0 Å². The maximum Gasteiger partial charge on any atom is 0.226 e. The van der Waals surface area contributed by atoms with E-state index in [-0.39, 0.29) is 11.7 Å². The molecule has 27 heavy (non-hydrogen) atoms. The van der Waals surface area contributed by atoms with Crippen LogP contribution in [0.4, 0.5) is 9.52 Å². The fourth-order valence-corrected chi connectivity index (χ4v) is 3.21. The number of carbonyl (C=O) groups excluding carboxylic acids is 1. The van der Waals surface area contributed by atoms with Crippen molar-refractivity contribution in [3.63, 3.8) is 0 Å². The van der Waals surface area contributed by atoms with Gasteiger partial charge >= 0.3 is 0 Å². The molecule has 0 unspecified atom stereocenters. The van der Waals surface area contributed by atoms with Gasteiger partial charge in [-0.3, -0.25) is 4.79 Å². The van der Waals surface area contributed by atoms with Crippen molar-refractivity contribution in [1.82, 2.24) is 4.98 Å². The van der Waals surface area contributed by atoms with Crippen molar-refractivity contribution in [2.24, 2.45) is 0 Å². The highest BCUT2D eigenvalue weighted by atomic mass is 32.1. The van der Waals surface area contributed by atoms with Crippen molar-refractivity contribution >= 4 is 22.4 Å². The molecule has 0 fully saturated rings. The minimum Gasteiger partial charge on any atom is -0.494 e. The van der Waals surface area contributed by atoms with E-state index in [1.54, 1.807) is 29.6 Å². The first-order chi connectivity index (χ1) is 13.1. The maximum atomic E-state index is 13.8. The van der Waals surface area contributed by atoms with Gasteiger partial charge in [0, 0.05) is 17.4 Å². The highest BCUT2D eigenvalue weighted by Crippen LogP contribution is 2.28. The van der Waals surface area contributed by atoms with Crippen molar-refractivity contribution in [1.29, 1.82) is 5.26 Å². The third kappa shape index (κ3) is 4.68. The van der Waals surface area contributed by atoms with Gasteiger partial charge in [0.05, 0.1) is 24.4 Å². The second kappa shape index (κ2) is 8.43. The quantitative estimate of drug-likeness (QED) is 0.687. The summed E-state index contributed by atoms with van der Waals surface area (Å²) in [6, 6.07) is 13.8. The van der Waals surface area contributed by atoms with Gasteiger partial charge in [-0.1, -0.05) is 12.1 Å². The number of methoxy groups -OCH3 is 1. The van der Waals surface area contributed by atoms with E-state index in [2.05, 4.69) is 16.4 Å². The third-order valence-electron chi connectivity index (χ3n) is 3.92. The SMILES string of the molecule is COc1ccc(-c2csc(NC(=O)CCc3ccc(C#N)cc3)n2)cc1F. The van der Waals surface area contributed by atoms with E-state index in [1.165, 1.54) is 24.5 Å². The molecule has 136 valence electrons. The highest BCUT2D eigenvalue weighted by molar-refractivity contribution is 7.14. The second-order valence-electron chi connectivity index (χ2n) is 5.74. The standard InChI is InChI=1S/C20H16FN3O2S/c1-26-18-8-7-15(10-16(18)21)17-12-27-20(23-17)24-19(25)9-6-13-2-4-14(11-22)5-3-13/h2-5,7-8,10,12H,6,9H2,1H3,(H,23,24,25). The summed E-state index contributed by atoms with van der Waals surface area (Å²) in [6.45, 7) is 0. The van der Waals surface area contributed by atoms with Crippen LogP contribution in [0.5, 0.6) is 5.75 Å². The fraction of sp³-hybridized carbons (Fsp3) is 0.150. The number of nitrogens with one attached hydrogen (secondary N) is 1. The summed E-state index contributed by atoms with van der Waals surface area (Å²) in [5.74, 6) is -0.442. The van der Waals surface area contributed by atoms with E-state index in [0.29, 0.717) is 34.8 Å². The van der Waals surface area contributed by atoms with Gasteiger partial charge in [-0.25, -0.2) is 9.37 Å². The number of thiazole rings is 1. The molecule has 0 saturated heterocycles. The second-order valence-corrected chi connectivity index (χ2v) is 6.60. The van der Waals surface area contributed by atoms with E-state index in [4.69, 9.17) is 10.00 Å². The Morgan fingerprint density at radius 2 is 2.07 bits per heavy atom. The number of rotatable bonds is 6. The third-order valence-corrected chi connectivity index (χ3v) is 4.68. The molecule has 5 nitrogen and oxygen atoms in total. The fourth-order valence-electron chi connectivity index (χ4n) is 2.48. The average Bonchev–Trinajstić information content (AvgIpc) is 3.15. The smallest absolute Gasteiger partial charge is 0.226 e. The molecule has 0 saturated carbocycles. The Bertz CT molecular complexity index is 993. The zero-order valence-electron chi connectivity index (χ0n) is 14.5. The normalized spacial score (nSPS) is 10.3. The summed E-state index contributed by atoms with van der Waals surface area (Å²) in [5.41, 5.74) is 2.78. The Morgan fingerprint density at radius 3 is 2.74 bits per heavy atom. The number of carbonyl (C=O) groups is 1. The van der Waals surface area contributed by atoms with Gasteiger partial charge in [0.15, 0.2) is 16.7 Å². The summed E-state index contributed by atoms with van der Waals surface area (Å²) in [7, 11) is 1.41. The Hall–Kier alpha value is -3.24. The maximum absolute atomic E-state index is 13.8. The Labute approximate surface area is 160 Å². The molecule has 2 aromatic carbocycles. The lowest BCUT2D eigenvalue weighted by Gasteiger charge is -2.04. The van der Waals surface area contributed by atoms with E-state index < -0.39 is 5.82 Å². The molecule has 0 spiro atoms. The molecular formula is C20H16FN3O2S. The van der Waals surface area contributed by atoms with Gasteiger partial charge in [-0.2, -0.15) is 5.26 Å². The van der Waals surface area contributed by atoms with Crippen molar-refractivity contribution in [2.45, 2.75) is 12.8 Å². The zero-order chi connectivity index (χ0) is 19.2. The number of benzene rings is 2. The molecule has 1 heterocycles. The number of ether oxygens (including phenoxy) is 1. The Morgan fingerprint density at radius 1 is 1.30 bits per heavy atom. The molecular weight excluding hydrogens is 365 g/mol. The monoisotopic (exact) mass is 381 g/mol. The summed E-state index contributed by atoms with van der Waals surface area (Å²) in [6.07, 6.45) is 0.872. The largest absolute Gasteiger partial charge is 0.494 e. The first-order valence-corrected chi connectivity index (χ1v) is 9.05. The highest BCUT2D eigenvalue weighted by Gasteiger charge is 2.11. The number of hydrogen-bond donors (Lipinski definition) is 1. The van der Waals surface area contributed by atoms with Crippen LogP contribution in [0.25, 0.3) is 11.3 Å². The van der Waals surface area contributed by atoms with Gasteiger partial charge < -0.3 is 10.1 Å². The summed E-state index contributed by atoms with van der Waals surface area (Å²) in [4.78, 5) is 16.5. The molecule has 1 N–H and O–H groups in total. The lowest BCUT2D eigenvalue weighted by Crippen LogP contribution is -2.12. The predicted octanol–water partition coefficient (Wildman–Crippen LogP) is 4.40. The van der Waals surface area contributed by atoms with E-state index in [0.717, 1.165) is 5.56 Å². The number of halogens is 1. The van der Waals surface area contributed by atoms with Crippen LogP contribution in [0.1, 0.15) is 17.5 Å². The van der Waals surface area contributed by atoms with E-state index in [1.807, 2.05) is 12.1 Å². The number of amides is 1. The molecule has 0 atom stereocenters. The lowest BCUT2D eigenvalue weighted by molar-refractivity contribution is -0.116. The van der Waals surface area contributed by atoms with Gasteiger partial charge in [0.2, 0.25) is 5.91 Å². The van der Waals surface area contributed by atoms with Crippen LogP contribution >= 0.6 is 11.3 Å². The number of nitriles is 1. The van der Waals surface area contributed by atoms with Crippen molar-refractivity contribution in [2.75, 3.05) is 12.4 Å². The van der Waals surface area contributed by atoms with Crippen LogP contribution in [0.2, 0.25) is 0 Å². The number of nitrogens with zero attached hydrogens (tertiary/aromatic N) is 2. The minimum absolute atomic E-state index is 0.152. The molecule has 1 aromatic heterocycles. The number of aryl methyl sites for hydroxylation is 1. The lowest BCUT2D eigenvalue weighted by atomic mass is 10.1. The van der Waals surface area contributed by atoms with Gasteiger partial charge in [0.1, 0.15) is 0 Å². The zero-order valence-corrected chi connectivity index (χ0v) is 15.3. The summed E-state index contributed by atoms with van der Waals surface area (Å²) < 4.78 is 18.7. The number of anilines is 1. The van der Waals surface area contributed by atoms with Crippen LogP contribution < -0.4 is 10.1 Å². The molecule has 0 aliphatic carbocycles. The van der Waals surface area contributed by atoms with Crippen molar-refractivity contribution in [3.8, 4) is 23.1 Å². The van der Waals surface area contributed by atoms with Crippen LogP contribution in [-0.2, 0) is 11.2 Å². The predicted molar refractivity (Wildman–Crippen MR) is 102 cm³/mol. The average molecular weight is 381 g/mol. The van der Waals surface area contributed by atoms with E-state index >= 15 is 0 Å². The van der Waals surface area contributed by atoms with Gasteiger partial charge in [0.25, 0.3) is 0 Å². The number of hydrogen-bond acceptors (Lipinski definition) is 5. The van der Waals surface area contributed by atoms with Crippen LogP contribution in [0, 0.1) is 17.1 Å². The molecule has 0 radical (unpaired) electrons. The van der Waals surface area contributed by atoms with Crippen LogP contribution in [-0.4, -0.2) is 18.0 Å². The van der Waals surface area contributed by atoms with Crippen molar-refractivity contribution in [3.05, 3.63) is 64.8 Å². The Kier molecular flexibility index (Phi) is 5.79. The van der Waals surface area contributed by atoms with Crippen LogP contribution in [0.15, 0.2) is 47.8 Å². The first-order valence-electron chi connectivity index (χ1n) is 8.17. The summed E-state index contributed by atoms with van der Waals surface area (Å²) >= 11 is 1.28.